The SMILES string of the molecule is COc1cc(N2CCC(N3CCN(C)CC3)CC2)ccc1Nc1nc(Nc2ccccc2S(=O)(=O)C(C)C)c2cccc(Cl)c2n1. The number of fused-ring (bicyclic) bond motifs is 1. The molecule has 12 heteroatoms. The van der Waals surface area contributed by atoms with E-state index in [4.69, 9.17) is 26.3 Å². The van der Waals surface area contributed by atoms with Crippen molar-refractivity contribution in [2.75, 3.05) is 69.0 Å². The summed E-state index contributed by atoms with van der Waals surface area (Å²) < 4.78 is 32.1. The topological polar surface area (TPSA) is 103 Å². The summed E-state index contributed by atoms with van der Waals surface area (Å²) in [6, 6.07) is 19.1. The van der Waals surface area contributed by atoms with Crippen LogP contribution in [0.2, 0.25) is 5.02 Å². The molecular formula is C34H42ClN7O3S. The summed E-state index contributed by atoms with van der Waals surface area (Å²) in [6.07, 6.45) is 2.30. The highest BCUT2D eigenvalue weighted by molar-refractivity contribution is 7.92. The first-order valence-corrected chi connectivity index (χ1v) is 17.8. The third-order valence-electron chi connectivity index (χ3n) is 9.06. The number of para-hydroxylation sites is 2. The van der Waals surface area contributed by atoms with Crippen molar-refractivity contribution < 1.29 is 13.2 Å². The van der Waals surface area contributed by atoms with Crippen LogP contribution < -0.4 is 20.3 Å². The smallest absolute Gasteiger partial charge is 0.229 e. The van der Waals surface area contributed by atoms with E-state index in [9.17, 15) is 8.42 Å². The third kappa shape index (κ3) is 6.73. The van der Waals surface area contributed by atoms with E-state index < -0.39 is 15.1 Å². The largest absolute Gasteiger partial charge is 0.494 e. The molecule has 2 aliphatic heterocycles. The molecule has 0 bridgehead atoms. The van der Waals surface area contributed by atoms with Crippen molar-refractivity contribution in [2.45, 2.75) is 42.9 Å². The van der Waals surface area contributed by atoms with Crippen molar-refractivity contribution >= 4 is 61.2 Å². The standard InChI is InChI=1S/C34H42ClN7O3S/c1-23(2)46(43,44)31-11-6-5-10-29(31)36-33-26-8-7-9-27(35)32(26)38-34(39-33)37-28-13-12-25(22-30(28)45-4)41-16-14-24(15-17-41)42-20-18-40(3)19-21-42/h5-13,22-24H,14-21H2,1-4H3,(H2,36,37,38,39). The Morgan fingerprint density at radius 3 is 2.35 bits per heavy atom. The fourth-order valence-electron chi connectivity index (χ4n) is 6.24. The van der Waals surface area contributed by atoms with Gasteiger partial charge in [0.15, 0.2) is 9.84 Å². The molecule has 0 saturated carbocycles. The van der Waals surface area contributed by atoms with Crippen molar-refractivity contribution in [3.8, 4) is 5.75 Å². The summed E-state index contributed by atoms with van der Waals surface area (Å²) >= 11 is 6.61. The van der Waals surface area contributed by atoms with Gasteiger partial charge in [-0.15, -0.1) is 0 Å². The van der Waals surface area contributed by atoms with Gasteiger partial charge in [0.25, 0.3) is 0 Å². The molecule has 2 aliphatic rings. The molecule has 46 heavy (non-hydrogen) atoms. The zero-order chi connectivity index (χ0) is 32.4. The molecule has 6 rings (SSSR count). The molecule has 0 radical (unpaired) electrons. The van der Waals surface area contributed by atoms with Crippen molar-refractivity contribution in [2.24, 2.45) is 0 Å². The fraction of sp³-hybridized carbons (Fsp3) is 0.412. The quantitative estimate of drug-likeness (QED) is 0.216. The Labute approximate surface area is 276 Å². The number of hydrogen-bond donors (Lipinski definition) is 2. The number of hydrogen-bond acceptors (Lipinski definition) is 10. The molecule has 3 heterocycles. The van der Waals surface area contributed by atoms with Gasteiger partial charge in [-0.3, -0.25) is 4.90 Å². The average Bonchev–Trinajstić information content (AvgIpc) is 3.06. The first-order valence-electron chi connectivity index (χ1n) is 15.8. The second kappa shape index (κ2) is 13.6. The lowest BCUT2D eigenvalue weighted by molar-refractivity contribution is 0.0982. The fourth-order valence-corrected chi connectivity index (χ4v) is 7.66. The van der Waals surface area contributed by atoms with E-state index >= 15 is 0 Å². The molecule has 1 aromatic heterocycles. The molecule has 0 amide bonds. The van der Waals surface area contributed by atoms with Gasteiger partial charge in [-0.05, 0) is 70.1 Å². The number of ether oxygens (including phenoxy) is 1. The summed E-state index contributed by atoms with van der Waals surface area (Å²) in [7, 11) is 0.300. The third-order valence-corrected chi connectivity index (χ3v) is 11.6. The molecule has 0 spiro atoms. The van der Waals surface area contributed by atoms with Crippen molar-refractivity contribution in [1.29, 1.82) is 0 Å². The first-order chi connectivity index (χ1) is 22.1. The summed E-state index contributed by atoms with van der Waals surface area (Å²) in [5.74, 6) is 1.40. The number of piperazine rings is 1. The van der Waals surface area contributed by atoms with Crippen LogP contribution in [0.1, 0.15) is 26.7 Å². The van der Waals surface area contributed by atoms with E-state index in [0.29, 0.717) is 50.9 Å². The minimum absolute atomic E-state index is 0.207. The van der Waals surface area contributed by atoms with Crippen LogP contribution in [0.4, 0.5) is 28.8 Å². The monoisotopic (exact) mass is 663 g/mol. The Kier molecular flexibility index (Phi) is 9.56. The molecule has 0 unspecified atom stereocenters. The zero-order valence-corrected chi connectivity index (χ0v) is 28.4. The Bertz CT molecular complexity index is 1800. The van der Waals surface area contributed by atoms with Crippen molar-refractivity contribution in [1.82, 2.24) is 19.8 Å². The van der Waals surface area contributed by atoms with E-state index in [1.54, 1.807) is 51.3 Å². The van der Waals surface area contributed by atoms with Crippen molar-refractivity contribution in [3.05, 3.63) is 65.7 Å². The zero-order valence-electron chi connectivity index (χ0n) is 26.8. The maximum Gasteiger partial charge on any atom is 0.229 e. The van der Waals surface area contributed by atoms with Gasteiger partial charge in [0.2, 0.25) is 5.95 Å². The molecule has 2 N–H and O–H groups in total. The number of aromatic nitrogens is 2. The maximum atomic E-state index is 13.2. The lowest BCUT2D eigenvalue weighted by atomic mass is 10.0. The van der Waals surface area contributed by atoms with Gasteiger partial charge in [-0.25, -0.2) is 13.4 Å². The molecule has 2 fully saturated rings. The lowest BCUT2D eigenvalue weighted by Crippen LogP contribution is -2.52. The number of piperidine rings is 1. The highest BCUT2D eigenvalue weighted by atomic mass is 35.5. The highest BCUT2D eigenvalue weighted by Gasteiger charge is 2.27. The second-order valence-corrected chi connectivity index (χ2v) is 15.2. The molecule has 244 valence electrons. The molecule has 2 saturated heterocycles. The number of nitrogens with zero attached hydrogens (tertiary/aromatic N) is 5. The number of anilines is 5. The van der Waals surface area contributed by atoms with Gasteiger partial charge in [0.05, 0.1) is 39.2 Å². The van der Waals surface area contributed by atoms with Gasteiger partial charge < -0.3 is 25.2 Å². The van der Waals surface area contributed by atoms with E-state index in [1.807, 2.05) is 18.2 Å². The van der Waals surface area contributed by atoms with Crippen molar-refractivity contribution in [3.63, 3.8) is 0 Å². The Hall–Kier alpha value is -3.64. The van der Waals surface area contributed by atoms with Crippen LogP contribution >= 0.6 is 11.6 Å². The summed E-state index contributed by atoms with van der Waals surface area (Å²) in [6.45, 7) is 9.93. The minimum Gasteiger partial charge on any atom is -0.494 e. The predicted octanol–water partition coefficient (Wildman–Crippen LogP) is 6.18. The molecule has 3 aromatic carbocycles. The molecule has 10 nitrogen and oxygen atoms in total. The van der Waals surface area contributed by atoms with E-state index in [2.05, 4.69) is 44.5 Å². The van der Waals surface area contributed by atoms with Crippen LogP contribution in [0.5, 0.6) is 5.75 Å². The summed E-state index contributed by atoms with van der Waals surface area (Å²) in [5, 5.41) is 7.13. The first kappa shape index (κ1) is 32.3. The van der Waals surface area contributed by atoms with Gasteiger partial charge in [0, 0.05) is 62.5 Å². The van der Waals surface area contributed by atoms with Crippen LogP contribution in [0.25, 0.3) is 10.9 Å². The number of halogens is 1. The van der Waals surface area contributed by atoms with Crippen LogP contribution in [0, 0.1) is 0 Å². The van der Waals surface area contributed by atoms with E-state index in [1.165, 1.54) is 0 Å². The Balaban J connectivity index is 1.25. The van der Waals surface area contributed by atoms with Gasteiger partial charge >= 0.3 is 0 Å². The maximum absolute atomic E-state index is 13.2. The summed E-state index contributed by atoms with van der Waals surface area (Å²) in [5.41, 5.74) is 2.79. The van der Waals surface area contributed by atoms with E-state index in [0.717, 1.165) is 57.8 Å². The van der Waals surface area contributed by atoms with Crippen LogP contribution in [-0.4, -0.2) is 92.9 Å². The number of nitrogens with one attached hydrogen (secondary N) is 2. The van der Waals surface area contributed by atoms with E-state index in [-0.39, 0.29) is 4.90 Å². The minimum atomic E-state index is -3.55. The average molecular weight is 664 g/mol. The predicted molar refractivity (Wildman–Crippen MR) is 187 cm³/mol. The number of likely N-dealkylation sites (N-methyl/N-ethyl adjacent to an activating group) is 1. The number of sulfone groups is 1. The molecule has 0 aliphatic carbocycles. The molecule has 0 atom stereocenters. The van der Waals surface area contributed by atoms with Gasteiger partial charge in [0.1, 0.15) is 11.6 Å². The van der Waals surface area contributed by atoms with Crippen LogP contribution in [0.3, 0.4) is 0 Å². The lowest BCUT2D eigenvalue weighted by Gasteiger charge is -2.42. The van der Waals surface area contributed by atoms with Gasteiger partial charge in [-0.1, -0.05) is 29.8 Å². The second-order valence-electron chi connectivity index (χ2n) is 12.3. The summed E-state index contributed by atoms with van der Waals surface area (Å²) in [4.78, 5) is 17.2. The number of rotatable bonds is 9. The van der Waals surface area contributed by atoms with Crippen LogP contribution in [-0.2, 0) is 9.84 Å². The van der Waals surface area contributed by atoms with Gasteiger partial charge in [-0.2, -0.15) is 4.98 Å². The number of benzene rings is 3. The Morgan fingerprint density at radius 1 is 0.891 bits per heavy atom. The molecule has 4 aromatic rings. The van der Waals surface area contributed by atoms with Crippen LogP contribution in [0.15, 0.2) is 65.6 Å². The normalized spacial score (nSPS) is 17.0. The molecular weight excluding hydrogens is 622 g/mol. The highest BCUT2D eigenvalue weighted by Crippen LogP contribution is 2.36. The Morgan fingerprint density at radius 2 is 1.63 bits per heavy atom. The number of methoxy groups -OCH3 is 1.